The van der Waals surface area contributed by atoms with E-state index in [1.54, 1.807) is 24.2 Å². The average molecular weight is 466 g/mol. The lowest BCUT2D eigenvalue weighted by molar-refractivity contribution is -0.115. The molecule has 0 aliphatic carbocycles. The Hall–Kier alpha value is -3.14. The number of fused-ring (bicyclic) bond motifs is 3. The number of allylic oxidation sites excluding steroid dienone is 1. The third kappa shape index (κ3) is 5.11. The average Bonchev–Trinajstić information content (AvgIpc) is 3.22. The second kappa shape index (κ2) is 10.7. The highest BCUT2D eigenvalue weighted by molar-refractivity contribution is 7.17. The summed E-state index contributed by atoms with van der Waals surface area (Å²) in [7, 11) is 1.63. The van der Waals surface area contributed by atoms with Crippen LogP contribution in [-0.4, -0.2) is 76.2 Å². The number of carbonyl (C=O) groups is 2. The molecule has 4 rings (SSSR count). The second-order valence-corrected chi connectivity index (χ2v) is 8.73. The zero-order chi connectivity index (χ0) is 23.2. The van der Waals surface area contributed by atoms with E-state index < -0.39 is 0 Å². The van der Waals surface area contributed by atoms with Gasteiger partial charge in [0.15, 0.2) is 0 Å². The van der Waals surface area contributed by atoms with Crippen LogP contribution in [0.4, 0.5) is 5.69 Å². The molecule has 1 N–H and O–H groups in total. The van der Waals surface area contributed by atoms with Crippen LogP contribution in [-0.2, 0) is 16.0 Å². The molecule has 0 spiro atoms. The minimum absolute atomic E-state index is 0.101. The van der Waals surface area contributed by atoms with Gasteiger partial charge in [0.1, 0.15) is 5.70 Å². The molecule has 3 heterocycles. The maximum Gasteiger partial charge on any atom is 0.276 e. The van der Waals surface area contributed by atoms with E-state index in [1.165, 1.54) is 11.3 Å². The molecule has 0 bridgehead atoms. The summed E-state index contributed by atoms with van der Waals surface area (Å²) in [6.07, 6.45) is 3.87. The van der Waals surface area contributed by atoms with Crippen molar-refractivity contribution in [2.75, 3.05) is 51.5 Å². The van der Waals surface area contributed by atoms with Crippen molar-refractivity contribution in [3.63, 3.8) is 0 Å². The first-order chi connectivity index (χ1) is 16.1. The van der Waals surface area contributed by atoms with E-state index in [0.717, 1.165) is 34.8 Å². The normalized spacial score (nSPS) is 16.8. The molecule has 172 valence electrons. The predicted octanol–water partition coefficient (Wildman–Crippen LogP) is 2.61. The van der Waals surface area contributed by atoms with Gasteiger partial charge in [-0.3, -0.25) is 24.5 Å². The SMILES string of the molecule is C=N/C(=C\C=N/CN1CCOCC1)C(=O)N1CCc2cc(C(=O)NC)sc2-c2ccccc21. The Balaban J connectivity index is 1.56. The number of hydrogen-bond acceptors (Lipinski definition) is 7. The van der Waals surface area contributed by atoms with Crippen LogP contribution in [0.1, 0.15) is 15.2 Å². The van der Waals surface area contributed by atoms with Gasteiger partial charge in [0.25, 0.3) is 11.8 Å². The van der Waals surface area contributed by atoms with Crippen LogP contribution in [0.25, 0.3) is 10.4 Å². The summed E-state index contributed by atoms with van der Waals surface area (Å²) in [5.41, 5.74) is 3.03. The number of nitrogens with zero attached hydrogens (tertiary/aromatic N) is 4. The van der Waals surface area contributed by atoms with Crippen molar-refractivity contribution in [1.82, 2.24) is 10.2 Å². The van der Waals surface area contributed by atoms with Gasteiger partial charge in [-0.15, -0.1) is 11.3 Å². The minimum Gasteiger partial charge on any atom is -0.379 e. The van der Waals surface area contributed by atoms with Crippen molar-refractivity contribution in [3.05, 3.63) is 52.5 Å². The monoisotopic (exact) mass is 465 g/mol. The summed E-state index contributed by atoms with van der Waals surface area (Å²) in [6.45, 7) is 7.76. The van der Waals surface area contributed by atoms with Crippen LogP contribution in [0.15, 0.2) is 52.1 Å². The lowest BCUT2D eigenvalue weighted by Crippen LogP contribution is -2.36. The van der Waals surface area contributed by atoms with E-state index in [9.17, 15) is 9.59 Å². The maximum atomic E-state index is 13.4. The third-order valence-corrected chi connectivity index (χ3v) is 6.87. The van der Waals surface area contributed by atoms with Gasteiger partial charge in [-0.05, 0) is 36.9 Å². The molecule has 33 heavy (non-hydrogen) atoms. The molecule has 8 nitrogen and oxygen atoms in total. The molecule has 2 aliphatic rings. The zero-order valence-electron chi connectivity index (χ0n) is 18.6. The topological polar surface area (TPSA) is 86.6 Å². The van der Waals surface area contributed by atoms with Crippen LogP contribution >= 0.6 is 11.3 Å². The van der Waals surface area contributed by atoms with Crippen molar-refractivity contribution in [3.8, 4) is 10.4 Å². The number of para-hydroxylation sites is 1. The first kappa shape index (κ1) is 23.0. The molecule has 0 radical (unpaired) electrons. The Bertz CT molecular complexity index is 1100. The number of anilines is 1. The first-order valence-electron chi connectivity index (χ1n) is 10.9. The highest BCUT2D eigenvalue weighted by Gasteiger charge is 2.28. The number of aliphatic imine (C=N–C) groups is 2. The molecule has 9 heteroatoms. The number of thiophene rings is 1. The number of benzene rings is 1. The molecular weight excluding hydrogens is 438 g/mol. The van der Waals surface area contributed by atoms with Crippen molar-refractivity contribution in [2.24, 2.45) is 9.98 Å². The van der Waals surface area contributed by atoms with Crippen LogP contribution in [0.2, 0.25) is 0 Å². The number of hydrogen-bond donors (Lipinski definition) is 1. The zero-order valence-corrected chi connectivity index (χ0v) is 19.4. The summed E-state index contributed by atoms with van der Waals surface area (Å²) in [4.78, 5) is 39.5. The van der Waals surface area contributed by atoms with Gasteiger partial charge in [0, 0.05) is 43.3 Å². The quantitative estimate of drug-likeness (QED) is 0.525. The van der Waals surface area contributed by atoms with Gasteiger partial charge in [0.05, 0.1) is 30.4 Å². The molecule has 0 saturated carbocycles. The smallest absolute Gasteiger partial charge is 0.276 e. The van der Waals surface area contributed by atoms with Crippen molar-refractivity contribution < 1.29 is 14.3 Å². The largest absolute Gasteiger partial charge is 0.379 e. The van der Waals surface area contributed by atoms with Crippen molar-refractivity contribution in [2.45, 2.75) is 6.42 Å². The second-order valence-electron chi connectivity index (χ2n) is 7.68. The van der Waals surface area contributed by atoms with Crippen molar-refractivity contribution in [1.29, 1.82) is 0 Å². The van der Waals surface area contributed by atoms with Gasteiger partial charge in [-0.25, -0.2) is 0 Å². The number of morpholine rings is 1. The standard InChI is InChI=1S/C24H27N5O3S/c1-25-19(7-9-27-16-28-11-13-32-14-12-28)24(31)29-10-8-17-15-21(23(30)26-2)33-22(17)18-5-3-4-6-20(18)29/h3-7,9,15H,1,8,10-14,16H2,2H3,(H,26,30)/b19-7-,27-9-. The number of amides is 2. The number of ether oxygens (including phenoxy) is 1. The van der Waals surface area contributed by atoms with Crippen LogP contribution in [0.5, 0.6) is 0 Å². The first-order valence-corrected chi connectivity index (χ1v) is 11.7. The molecule has 0 atom stereocenters. The van der Waals surface area contributed by atoms with E-state index in [4.69, 9.17) is 4.74 Å². The third-order valence-electron chi connectivity index (χ3n) is 5.66. The predicted molar refractivity (Wildman–Crippen MR) is 133 cm³/mol. The number of nitrogens with one attached hydrogen (secondary N) is 1. The molecule has 1 aromatic carbocycles. The van der Waals surface area contributed by atoms with Gasteiger partial charge in [0.2, 0.25) is 0 Å². The number of rotatable bonds is 6. The fraction of sp³-hybridized carbons (Fsp3) is 0.333. The summed E-state index contributed by atoms with van der Waals surface area (Å²) in [5, 5.41) is 2.68. The van der Waals surface area contributed by atoms with E-state index in [2.05, 4.69) is 26.9 Å². The lowest BCUT2D eigenvalue weighted by Gasteiger charge is -2.24. The summed E-state index contributed by atoms with van der Waals surface area (Å²) < 4.78 is 5.34. The fourth-order valence-corrected chi connectivity index (χ4v) is 5.09. The molecule has 1 fully saturated rings. The van der Waals surface area contributed by atoms with E-state index >= 15 is 0 Å². The van der Waals surface area contributed by atoms with E-state index in [1.807, 2.05) is 30.3 Å². The van der Waals surface area contributed by atoms with Crippen LogP contribution in [0.3, 0.4) is 0 Å². The Kier molecular flexibility index (Phi) is 7.43. The molecule has 1 saturated heterocycles. The Morgan fingerprint density at radius 2 is 2.03 bits per heavy atom. The van der Waals surface area contributed by atoms with Gasteiger partial charge in [-0.2, -0.15) is 0 Å². The molecular formula is C24H27N5O3S. The molecule has 2 amide bonds. The Labute approximate surface area is 197 Å². The Morgan fingerprint density at radius 3 is 2.79 bits per heavy atom. The van der Waals surface area contributed by atoms with Gasteiger partial charge in [-0.1, -0.05) is 18.2 Å². The van der Waals surface area contributed by atoms with Gasteiger partial charge >= 0.3 is 0 Å². The summed E-state index contributed by atoms with van der Waals surface area (Å²) in [6, 6.07) is 9.68. The lowest BCUT2D eigenvalue weighted by atomic mass is 10.1. The highest BCUT2D eigenvalue weighted by atomic mass is 32.1. The van der Waals surface area contributed by atoms with E-state index in [-0.39, 0.29) is 17.5 Å². The molecule has 2 aromatic rings. The van der Waals surface area contributed by atoms with Crippen LogP contribution in [0, 0.1) is 0 Å². The minimum atomic E-state index is -0.225. The molecule has 2 aliphatic heterocycles. The van der Waals surface area contributed by atoms with Crippen molar-refractivity contribution >= 4 is 41.8 Å². The molecule has 0 unspecified atom stereocenters. The fourth-order valence-electron chi connectivity index (χ4n) is 3.90. The Morgan fingerprint density at radius 1 is 1.24 bits per heavy atom. The van der Waals surface area contributed by atoms with E-state index in [0.29, 0.717) is 37.7 Å². The summed E-state index contributed by atoms with van der Waals surface area (Å²) >= 11 is 1.45. The number of carbonyl (C=O) groups excluding carboxylic acids is 2. The summed E-state index contributed by atoms with van der Waals surface area (Å²) in [5.74, 6) is -0.326. The van der Waals surface area contributed by atoms with Gasteiger partial charge < -0.3 is 15.0 Å². The molecule has 1 aromatic heterocycles. The maximum absolute atomic E-state index is 13.4. The van der Waals surface area contributed by atoms with Crippen LogP contribution < -0.4 is 10.2 Å². The highest BCUT2D eigenvalue weighted by Crippen LogP contribution is 2.41.